The van der Waals surface area contributed by atoms with Gasteiger partial charge in [-0.25, -0.2) is 4.98 Å². The lowest BCUT2D eigenvalue weighted by molar-refractivity contribution is -0.122. The highest BCUT2D eigenvalue weighted by atomic mass is 16.1. The molecule has 0 aliphatic heterocycles. The molecule has 0 bridgehead atoms. The monoisotopic (exact) mass is 334 g/mol. The topological polar surface area (TPSA) is 59.8 Å². The van der Waals surface area contributed by atoms with Crippen molar-refractivity contribution in [2.24, 2.45) is 0 Å². The predicted octanol–water partition coefficient (Wildman–Crippen LogP) is 3.17. The van der Waals surface area contributed by atoms with Crippen LogP contribution in [0.25, 0.3) is 11.4 Å². The number of amides is 1. The Morgan fingerprint density at radius 1 is 1.16 bits per heavy atom. The Hall–Kier alpha value is -2.95. The van der Waals surface area contributed by atoms with Gasteiger partial charge in [-0.3, -0.25) is 9.78 Å². The van der Waals surface area contributed by atoms with Crippen molar-refractivity contribution in [3.05, 3.63) is 72.3 Å². The summed E-state index contributed by atoms with van der Waals surface area (Å²) in [6.45, 7) is 5.17. The third-order valence-electron chi connectivity index (χ3n) is 4.30. The number of benzene rings is 1. The molecule has 0 spiro atoms. The molecule has 1 amide bonds. The second-order valence-electron chi connectivity index (χ2n) is 6.04. The summed E-state index contributed by atoms with van der Waals surface area (Å²) in [4.78, 5) is 21.0. The molecular weight excluding hydrogens is 312 g/mol. The van der Waals surface area contributed by atoms with E-state index in [9.17, 15) is 4.79 Å². The zero-order valence-electron chi connectivity index (χ0n) is 14.5. The highest BCUT2D eigenvalue weighted by Crippen LogP contribution is 2.18. The lowest BCUT2D eigenvalue weighted by Gasteiger charge is -2.14. The van der Waals surface area contributed by atoms with Crippen molar-refractivity contribution >= 4 is 5.91 Å². The van der Waals surface area contributed by atoms with E-state index in [-0.39, 0.29) is 11.8 Å². The third-order valence-corrected chi connectivity index (χ3v) is 4.30. The zero-order chi connectivity index (χ0) is 17.6. The molecule has 5 heteroatoms. The van der Waals surface area contributed by atoms with Crippen molar-refractivity contribution in [3.8, 4) is 11.4 Å². The molecule has 1 aromatic carbocycles. The Kier molecular flexibility index (Phi) is 5.23. The predicted molar refractivity (Wildman–Crippen MR) is 98.1 cm³/mol. The summed E-state index contributed by atoms with van der Waals surface area (Å²) in [6, 6.07) is 13.7. The zero-order valence-corrected chi connectivity index (χ0v) is 14.5. The van der Waals surface area contributed by atoms with Crippen LogP contribution in [0, 0.1) is 6.92 Å². The fraction of sp³-hybridized carbons (Fsp3) is 0.250. The standard InChI is InChI=1S/C20H22N4O/c1-15-13-23-19(18-9-6-10-21-14-18)24(15)12-11-22-20(25)16(2)17-7-4-3-5-8-17/h3-10,13-14,16H,11-12H2,1-2H3,(H,22,25). The molecule has 2 aromatic heterocycles. The van der Waals surface area contributed by atoms with Crippen molar-refractivity contribution in [1.82, 2.24) is 19.9 Å². The number of carbonyl (C=O) groups excluding carboxylic acids is 1. The molecule has 128 valence electrons. The van der Waals surface area contributed by atoms with Gasteiger partial charge in [0, 0.05) is 42.9 Å². The SMILES string of the molecule is Cc1cnc(-c2cccnc2)n1CCNC(=O)C(C)c1ccccc1. The molecule has 0 aliphatic carbocycles. The average molecular weight is 334 g/mol. The number of rotatable bonds is 6. The van der Waals surface area contributed by atoms with Crippen LogP contribution < -0.4 is 5.32 Å². The van der Waals surface area contributed by atoms with E-state index in [1.165, 1.54) is 0 Å². The van der Waals surface area contributed by atoms with Gasteiger partial charge in [-0.2, -0.15) is 0 Å². The van der Waals surface area contributed by atoms with Gasteiger partial charge in [0.25, 0.3) is 0 Å². The van der Waals surface area contributed by atoms with Gasteiger partial charge in [0.2, 0.25) is 5.91 Å². The third kappa shape index (κ3) is 3.94. The molecule has 0 aliphatic rings. The maximum atomic E-state index is 12.4. The van der Waals surface area contributed by atoms with E-state index in [1.807, 2.05) is 62.5 Å². The van der Waals surface area contributed by atoms with Gasteiger partial charge in [0.05, 0.1) is 5.92 Å². The molecule has 0 saturated heterocycles. The molecule has 1 atom stereocenters. The number of aryl methyl sites for hydroxylation is 1. The smallest absolute Gasteiger partial charge is 0.227 e. The normalized spacial score (nSPS) is 11.9. The Balaban J connectivity index is 1.63. The highest BCUT2D eigenvalue weighted by Gasteiger charge is 2.15. The quantitative estimate of drug-likeness (QED) is 0.753. The summed E-state index contributed by atoms with van der Waals surface area (Å²) in [5, 5.41) is 3.02. The minimum atomic E-state index is -0.164. The lowest BCUT2D eigenvalue weighted by atomic mass is 10.0. The number of nitrogens with zero attached hydrogens (tertiary/aromatic N) is 3. The second kappa shape index (κ2) is 7.75. The van der Waals surface area contributed by atoms with Gasteiger partial charge in [-0.15, -0.1) is 0 Å². The van der Waals surface area contributed by atoms with Crippen LogP contribution in [0.15, 0.2) is 61.1 Å². The number of hydrogen-bond acceptors (Lipinski definition) is 3. The summed E-state index contributed by atoms with van der Waals surface area (Å²) >= 11 is 0. The Morgan fingerprint density at radius 3 is 2.68 bits per heavy atom. The lowest BCUT2D eigenvalue weighted by Crippen LogP contribution is -2.31. The number of pyridine rings is 1. The van der Waals surface area contributed by atoms with Crippen LogP contribution in [0.4, 0.5) is 0 Å². The van der Waals surface area contributed by atoms with Gasteiger partial charge in [-0.05, 0) is 31.5 Å². The van der Waals surface area contributed by atoms with E-state index in [0.717, 1.165) is 22.6 Å². The molecule has 2 heterocycles. The Bertz CT molecular complexity index is 827. The van der Waals surface area contributed by atoms with Crippen LogP contribution in [0.3, 0.4) is 0 Å². The Labute approximate surface area is 147 Å². The van der Waals surface area contributed by atoms with Crippen LogP contribution in [-0.4, -0.2) is 27.0 Å². The largest absolute Gasteiger partial charge is 0.354 e. The minimum Gasteiger partial charge on any atom is -0.354 e. The number of carbonyl (C=O) groups is 1. The molecule has 1 N–H and O–H groups in total. The number of aromatic nitrogens is 3. The number of imidazole rings is 1. The first-order valence-electron chi connectivity index (χ1n) is 8.42. The minimum absolute atomic E-state index is 0.0342. The van der Waals surface area contributed by atoms with E-state index in [1.54, 1.807) is 12.4 Å². The summed E-state index contributed by atoms with van der Waals surface area (Å²) < 4.78 is 2.10. The number of nitrogens with one attached hydrogen (secondary N) is 1. The van der Waals surface area contributed by atoms with Crippen molar-refractivity contribution in [2.45, 2.75) is 26.3 Å². The summed E-state index contributed by atoms with van der Waals surface area (Å²) in [5.41, 5.74) is 3.05. The van der Waals surface area contributed by atoms with Crippen LogP contribution >= 0.6 is 0 Å². The molecule has 3 aromatic rings. The summed E-state index contributed by atoms with van der Waals surface area (Å²) in [5.74, 6) is 0.741. The fourth-order valence-electron chi connectivity index (χ4n) is 2.81. The van der Waals surface area contributed by atoms with Gasteiger partial charge in [0.1, 0.15) is 5.82 Å². The van der Waals surface area contributed by atoms with E-state index in [2.05, 4.69) is 19.9 Å². The summed E-state index contributed by atoms with van der Waals surface area (Å²) in [7, 11) is 0. The van der Waals surface area contributed by atoms with E-state index >= 15 is 0 Å². The second-order valence-corrected chi connectivity index (χ2v) is 6.04. The molecule has 0 saturated carbocycles. The fourth-order valence-corrected chi connectivity index (χ4v) is 2.81. The molecule has 1 unspecified atom stereocenters. The van der Waals surface area contributed by atoms with Gasteiger partial charge in [-0.1, -0.05) is 30.3 Å². The van der Waals surface area contributed by atoms with Gasteiger partial charge < -0.3 is 9.88 Å². The molecular formula is C20H22N4O. The average Bonchev–Trinajstić information content (AvgIpc) is 3.03. The Morgan fingerprint density at radius 2 is 1.96 bits per heavy atom. The van der Waals surface area contributed by atoms with Crippen LogP contribution in [-0.2, 0) is 11.3 Å². The first-order chi connectivity index (χ1) is 12.2. The van der Waals surface area contributed by atoms with E-state index < -0.39 is 0 Å². The molecule has 5 nitrogen and oxygen atoms in total. The van der Waals surface area contributed by atoms with Crippen molar-refractivity contribution in [3.63, 3.8) is 0 Å². The van der Waals surface area contributed by atoms with Crippen molar-refractivity contribution in [1.29, 1.82) is 0 Å². The first-order valence-corrected chi connectivity index (χ1v) is 8.42. The molecule has 0 radical (unpaired) electrons. The molecule has 3 rings (SSSR count). The van der Waals surface area contributed by atoms with Crippen LogP contribution in [0.2, 0.25) is 0 Å². The van der Waals surface area contributed by atoms with Gasteiger partial charge in [0.15, 0.2) is 0 Å². The maximum Gasteiger partial charge on any atom is 0.227 e. The molecule has 25 heavy (non-hydrogen) atoms. The molecule has 0 fully saturated rings. The van der Waals surface area contributed by atoms with Crippen LogP contribution in [0.5, 0.6) is 0 Å². The van der Waals surface area contributed by atoms with Crippen molar-refractivity contribution < 1.29 is 4.79 Å². The first kappa shape index (κ1) is 16.9. The van der Waals surface area contributed by atoms with Gasteiger partial charge >= 0.3 is 0 Å². The van der Waals surface area contributed by atoms with Crippen LogP contribution in [0.1, 0.15) is 24.1 Å². The van der Waals surface area contributed by atoms with E-state index in [4.69, 9.17) is 0 Å². The number of hydrogen-bond donors (Lipinski definition) is 1. The highest BCUT2D eigenvalue weighted by molar-refractivity contribution is 5.83. The van der Waals surface area contributed by atoms with E-state index in [0.29, 0.717) is 13.1 Å². The van der Waals surface area contributed by atoms with Crippen molar-refractivity contribution in [2.75, 3.05) is 6.54 Å². The maximum absolute atomic E-state index is 12.4. The summed E-state index contributed by atoms with van der Waals surface area (Å²) in [6.07, 6.45) is 5.39.